The Bertz CT molecular complexity index is 1170. The number of hydrogen-bond acceptors (Lipinski definition) is 7. The molecule has 0 unspecified atom stereocenters. The fourth-order valence-corrected chi connectivity index (χ4v) is 3.56. The highest BCUT2D eigenvalue weighted by atomic mass is 16.5. The first kappa shape index (κ1) is 26.3. The van der Waals surface area contributed by atoms with Crippen LogP contribution in [0, 0.1) is 0 Å². The number of nitrogens with one attached hydrogen (secondary N) is 2. The van der Waals surface area contributed by atoms with Crippen LogP contribution in [-0.4, -0.2) is 55.4 Å². The van der Waals surface area contributed by atoms with Crippen LogP contribution in [0.15, 0.2) is 53.1 Å². The summed E-state index contributed by atoms with van der Waals surface area (Å²) in [6.07, 6.45) is 1.28. The normalized spacial score (nSPS) is 10.5. The van der Waals surface area contributed by atoms with Gasteiger partial charge < -0.3 is 29.7 Å². The van der Waals surface area contributed by atoms with Gasteiger partial charge in [-0.25, -0.2) is 0 Å². The second-order valence-electron chi connectivity index (χ2n) is 7.94. The van der Waals surface area contributed by atoms with Gasteiger partial charge in [-0.2, -0.15) is 0 Å². The van der Waals surface area contributed by atoms with E-state index in [1.54, 1.807) is 14.2 Å². The topological polar surface area (TPSA) is 140 Å². The zero-order valence-corrected chi connectivity index (χ0v) is 20.2. The minimum atomic E-state index is -1.09. The summed E-state index contributed by atoms with van der Waals surface area (Å²) in [5, 5.41) is 18.0. The van der Waals surface area contributed by atoms with Gasteiger partial charge in [-0.15, -0.1) is 0 Å². The van der Waals surface area contributed by atoms with Crippen molar-refractivity contribution in [2.24, 2.45) is 0 Å². The molecule has 1 heterocycles. The Labute approximate surface area is 208 Å². The van der Waals surface area contributed by atoms with Crippen molar-refractivity contribution in [3.63, 3.8) is 0 Å². The lowest BCUT2D eigenvalue weighted by molar-refractivity contribution is -0.138. The fraction of sp³-hybridized carbons (Fsp3) is 0.308. The number of carboxylic acid groups (broad SMARTS) is 1. The van der Waals surface area contributed by atoms with Gasteiger partial charge in [0, 0.05) is 18.5 Å². The highest BCUT2D eigenvalue weighted by Crippen LogP contribution is 2.36. The van der Waals surface area contributed by atoms with E-state index >= 15 is 0 Å². The summed E-state index contributed by atoms with van der Waals surface area (Å²) >= 11 is 0. The van der Waals surface area contributed by atoms with Gasteiger partial charge in [0.15, 0.2) is 5.76 Å². The van der Waals surface area contributed by atoms with Crippen molar-refractivity contribution in [2.75, 3.05) is 27.3 Å². The Hall–Kier alpha value is -4.34. The smallest absolute Gasteiger partial charge is 0.322 e. The fourth-order valence-electron chi connectivity index (χ4n) is 3.56. The summed E-state index contributed by atoms with van der Waals surface area (Å²) < 4.78 is 16.1. The van der Waals surface area contributed by atoms with Gasteiger partial charge in [-0.3, -0.25) is 14.4 Å². The third-order valence-corrected chi connectivity index (χ3v) is 5.42. The van der Waals surface area contributed by atoms with Crippen LogP contribution in [0.25, 0.3) is 22.4 Å². The zero-order valence-electron chi connectivity index (χ0n) is 20.2. The van der Waals surface area contributed by atoms with E-state index in [1.165, 1.54) is 0 Å². The number of nitrogens with zero attached hydrogens (tertiary/aromatic N) is 1. The van der Waals surface area contributed by atoms with Crippen molar-refractivity contribution in [1.29, 1.82) is 0 Å². The van der Waals surface area contributed by atoms with Crippen molar-refractivity contribution in [2.45, 2.75) is 25.7 Å². The van der Waals surface area contributed by atoms with Crippen molar-refractivity contribution in [3.8, 4) is 33.9 Å². The molecule has 0 saturated heterocycles. The molecule has 3 rings (SSSR count). The number of methoxy groups -OCH3 is 2. The summed E-state index contributed by atoms with van der Waals surface area (Å²) in [6.45, 7) is -0.0236. The van der Waals surface area contributed by atoms with Gasteiger partial charge in [0.1, 0.15) is 23.7 Å². The minimum absolute atomic E-state index is 0.0103. The van der Waals surface area contributed by atoms with Crippen molar-refractivity contribution in [1.82, 2.24) is 15.8 Å². The number of carbonyl (C=O) groups is 3. The molecule has 0 atom stereocenters. The predicted octanol–water partition coefficient (Wildman–Crippen LogP) is 3.06. The quantitative estimate of drug-likeness (QED) is 0.307. The third kappa shape index (κ3) is 7.33. The average molecular weight is 496 g/mol. The standard InChI is InChI=1S/C26H29N3O7/c1-34-19-10-6-17(7-11-19)25-21(36-29-26(25)18-8-12-20(35-2)13-9-18)15-23(31)27-14-4-3-5-22(30)28-16-24(32)33/h6-13H,3-5,14-16H2,1-2H3,(H,27,31)(H,28,30)(H,32,33). The van der Waals surface area contributed by atoms with E-state index in [9.17, 15) is 14.4 Å². The lowest BCUT2D eigenvalue weighted by atomic mass is 9.98. The van der Waals surface area contributed by atoms with Crippen molar-refractivity contribution in [3.05, 3.63) is 54.3 Å². The second-order valence-corrected chi connectivity index (χ2v) is 7.94. The van der Waals surface area contributed by atoms with Gasteiger partial charge in [-0.1, -0.05) is 17.3 Å². The highest BCUT2D eigenvalue weighted by molar-refractivity contribution is 5.86. The minimum Gasteiger partial charge on any atom is -0.497 e. The molecule has 0 saturated carbocycles. The molecule has 190 valence electrons. The molecule has 2 amide bonds. The molecule has 2 aromatic carbocycles. The Morgan fingerprint density at radius 2 is 1.47 bits per heavy atom. The number of rotatable bonds is 13. The molecule has 0 aliphatic carbocycles. The molecule has 0 aliphatic heterocycles. The van der Waals surface area contributed by atoms with Crippen molar-refractivity contribution < 1.29 is 33.5 Å². The van der Waals surface area contributed by atoms with Gasteiger partial charge in [0.2, 0.25) is 11.8 Å². The molecule has 1 aromatic heterocycles. The largest absolute Gasteiger partial charge is 0.497 e. The van der Waals surface area contributed by atoms with E-state index in [2.05, 4.69) is 15.8 Å². The van der Waals surface area contributed by atoms with Gasteiger partial charge in [0.25, 0.3) is 0 Å². The molecule has 10 heteroatoms. The van der Waals surface area contributed by atoms with Crippen LogP contribution in [0.1, 0.15) is 25.0 Å². The van der Waals surface area contributed by atoms with E-state index < -0.39 is 12.5 Å². The number of benzene rings is 2. The molecule has 0 bridgehead atoms. The number of carbonyl (C=O) groups excluding carboxylic acids is 2. The molecule has 0 fully saturated rings. The second kappa shape index (κ2) is 12.9. The summed E-state index contributed by atoms with van der Waals surface area (Å²) in [5.74, 6) is 0.186. The highest BCUT2D eigenvalue weighted by Gasteiger charge is 2.21. The molecule has 3 N–H and O–H groups in total. The lowest BCUT2D eigenvalue weighted by Gasteiger charge is -2.08. The maximum absolute atomic E-state index is 12.6. The predicted molar refractivity (Wildman–Crippen MR) is 132 cm³/mol. The van der Waals surface area contributed by atoms with Crippen molar-refractivity contribution >= 4 is 17.8 Å². The zero-order chi connectivity index (χ0) is 25.9. The van der Waals surface area contributed by atoms with Crippen LogP contribution in [0.4, 0.5) is 0 Å². The van der Waals surface area contributed by atoms with E-state index in [0.717, 1.165) is 11.1 Å². The first-order chi connectivity index (χ1) is 17.4. The maximum atomic E-state index is 12.6. The summed E-state index contributed by atoms with van der Waals surface area (Å²) in [7, 11) is 3.19. The molecular weight excluding hydrogens is 466 g/mol. The molecule has 36 heavy (non-hydrogen) atoms. The SMILES string of the molecule is COc1ccc(-c2noc(CC(=O)NCCCCC(=O)NCC(=O)O)c2-c2ccc(OC)cc2)cc1. The van der Waals surface area contributed by atoms with E-state index in [4.69, 9.17) is 19.1 Å². The Kier molecular flexibility index (Phi) is 9.44. The molecule has 3 aromatic rings. The number of amides is 2. The maximum Gasteiger partial charge on any atom is 0.322 e. The molecule has 0 radical (unpaired) electrons. The van der Waals surface area contributed by atoms with E-state index in [1.807, 2.05) is 48.5 Å². The number of ether oxygens (including phenoxy) is 2. The number of unbranched alkanes of at least 4 members (excludes halogenated alkanes) is 1. The van der Waals surface area contributed by atoms with Gasteiger partial charge in [-0.05, 0) is 54.8 Å². The van der Waals surface area contributed by atoms with Crippen LogP contribution in [0.2, 0.25) is 0 Å². The van der Waals surface area contributed by atoms with Crippen LogP contribution in [0.5, 0.6) is 11.5 Å². The summed E-state index contributed by atoms with van der Waals surface area (Å²) in [4.78, 5) is 34.6. The monoisotopic (exact) mass is 495 g/mol. The summed E-state index contributed by atoms with van der Waals surface area (Å²) in [5.41, 5.74) is 2.97. The Morgan fingerprint density at radius 3 is 2.06 bits per heavy atom. The Morgan fingerprint density at radius 1 is 0.861 bits per heavy atom. The lowest BCUT2D eigenvalue weighted by Crippen LogP contribution is -2.29. The van der Waals surface area contributed by atoms with Crippen LogP contribution < -0.4 is 20.1 Å². The molecule has 10 nitrogen and oxygen atoms in total. The number of aliphatic carboxylic acids is 1. The molecule has 0 aliphatic rings. The molecular formula is C26H29N3O7. The van der Waals surface area contributed by atoms with Gasteiger partial charge in [0.05, 0.1) is 26.2 Å². The number of carboxylic acids is 1. The van der Waals surface area contributed by atoms with E-state index in [0.29, 0.717) is 47.9 Å². The third-order valence-electron chi connectivity index (χ3n) is 5.42. The first-order valence-electron chi connectivity index (χ1n) is 11.4. The van der Waals surface area contributed by atoms with Gasteiger partial charge >= 0.3 is 5.97 Å². The van der Waals surface area contributed by atoms with E-state index in [-0.39, 0.29) is 24.7 Å². The van der Waals surface area contributed by atoms with Crippen LogP contribution in [0.3, 0.4) is 0 Å². The summed E-state index contributed by atoms with van der Waals surface area (Å²) in [6, 6.07) is 14.8. The van der Waals surface area contributed by atoms with Crippen LogP contribution in [-0.2, 0) is 20.8 Å². The molecule has 0 spiro atoms. The Balaban J connectivity index is 1.66. The number of hydrogen-bond donors (Lipinski definition) is 3. The van der Waals surface area contributed by atoms with Crippen LogP contribution >= 0.6 is 0 Å². The number of aromatic nitrogens is 1. The average Bonchev–Trinajstić information content (AvgIpc) is 3.30. The first-order valence-corrected chi connectivity index (χ1v) is 11.4.